The number of hydrogen-bond acceptors (Lipinski definition) is 5. The van der Waals surface area contributed by atoms with Gasteiger partial charge in [0.05, 0.1) is 25.7 Å². The first-order chi connectivity index (χ1) is 12.7. The maximum atomic E-state index is 12.7. The second-order valence-corrected chi connectivity index (χ2v) is 8.20. The van der Waals surface area contributed by atoms with E-state index in [2.05, 4.69) is 5.32 Å². The van der Waals surface area contributed by atoms with Gasteiger partial charge in [0.2, 0.25) is 15.9 Å². The number of aryl methyl sites for hydroxylation is 2. The molecule has 0 saturated carbocycles. The Morgan fingerprint density at radius 1 is 1.00 bits per heavy atom. The number of nitrogens with zero attached hydrogens (tertiary/aromatic N) is 1. The number of benzene rings is 2. The van der Waals surface area contributed by atoms with Gasteiger partial charge in [-0.05, 0) is 37.1 Å². The van der Waals surface area contributed by atoms with Gasteiger partial charge in [0, 0.05) is 30.9 Å². The highest BCUT2D eigenvalue weighted by Crippen LogP contribution is 2.26. The molecule has 1 amide bonds. The van der Waals surface area contributed by atoms with Gasteiger partial charge >= 0.3 is 0 Å². The minimum Gasteiger partial charge on any atom is -0.497 e. The summed E-state index contributed by atoms with van der Waals surface area (Å²) in [6, 6.07) is 9.81. The number of methoxy groups -OCH3 is 2. The van der Waals surface area contributed by atoms with Gasteiger partial charge in [-0.1, -0.05) is 6.07 Å². The van der Waals surface area contributed by atoms with Gasteiger partial charge in [0.15, 0.2) is 0 Å². The lowest BCUT2D eigenvalue weighted by atomic mass is 10.1. The largest absolute Gasteiger partial charge is 0.497 e. The van der Waals surface area contributed by atoms with Crippen molar-refractivity contribution >= 4 is 21.6 Å². The zero-order chi connectivity index (χ0) is 20.2. The topological polar surface area (TPSA) is 84.9 Å². The Kier molecular flexibility index (Phi) is 6.45. The summed E-state index contributed by atoms with van der Waals surface area (Å²) < 4.78 is 36.7. The van der Waals surface area contributed by atoms with E-state index in [-0.39, 0.29) is 11.4 Å². The summed E-state index contributed by atoms with van der Waals surface area (Å²) in [7, 11) is 0.612. The normalized spacial score (nSPS) is 11.3. The fourth-order valence-electron chi connectivity index (χ4n) is 2.42. The second-order valence-electron chi connectivity index (χ2n) is 6.16. The number of rotatable bonds is 7. The first-order valence-electron chi connectivity index (χ1n) is 8.24. The van der Waals surface area contributed by atoms with Gasteiger partial charge in [0.25, 0.3) is 0 Å². The SMILES string of the molecule is COc1cc(NC(=O)CN(C)S(=O)(=O)c2ccc(C)c(C)c2)cc(OC)c1. The van der Waals surface area contributed by atoms with E-state index in [4.69, 9.17) is 9.47 Å². The fraction of sp³-hybridized carbons (Fsp3) is 0.316. The van der Waals surface area contributed by atoms with Crippen LogP contribution in [-0.2, 0) is 14.8 Å². The zero-order valence-corrected chi connectivity index (χ0v) is 16.9. The molecule has 0 radical (unpaired) electrons. The highest BCUT2D eigenvalue weighted by Gasteiger charge is 2.23. The summed E-state index contributed by atoms with van der Waals surface area (Å²) >= 11 is 0. The van der Waals surface area contributed by atoms with Gasteiger partial charge < -0.3 is 14.8 Å². The molecule has 8 heteroatoms. The number of carbonyl (C=O) groups is 1. The molecule has 0 atom stereocenters. The van der Waals surface area contributed by atoms with Crippen LogP contribution >= 0.6 is 0 Å². The summed E-state index contributed by atoms with van der Waals surface area (Å²) in [5.74, 6) is 0.557. The molecule has 0 aromatic heterocycles. The van der Waals surface area contributed by atoms with Crippen LogP contribution in [0.25, 0.3) is 0 Å². The van der Waals surface area contributed by atoms with Gasteiger partial charge in [-0.15, -0.1) is 0 Å². The molecule has 27 heavy (non-hydrogen) atoms. The average Bonchev–Trinajstić information content (AvgIpc) is 2.63. The molecule has 2 aromatic carbocycles. The average molecular weight is 392 g/mol. The molecule has 0 spiro atoms. The molecule has 0 aliphatic rings. The Labute approximate surface area is 160 Å². The first-order valence-corrected chi connectivity index (χ1v) is 9.68. The maximum Gasteiger partial charge on any atom is 0.243 e. The molecule has 0 aliphatic heterocycles. The summed E-state index contributed by atoms with van der Waals surface area (Å²) in [6.07, 6.45) is 0. The van der Waals surface area contributed by atoms with Crippen LogP contribution in [0, 0.1) is 13.8 Å². The third-order valence-corrected chi connectivity index (χ3v) is 5.99. The summed E-state index contributed by atoms with van der Waals surface area (Å²) in [5, 5.41) is 2.66. The van der Waals surface area contributed by atoms with Crippen molar-refractivity contribution in [3.05, 3.63) is 47.5 Å². The van der Waals surface area contributed by atoms with Crippen LogP contribution < -0.4 is 14.8 Å². The van der Waals surface area contributed by atoms with Crippen molar-refractivity contribution in [3.8, 4) is 11.5 Å². The van der Waals surface area contributed by atoms with Crippen molar-refractivity contribution < 1.29 is 22.7 Å². The smallest absolute Gasteiger partial charge is 0.243 e. The van der Waals surface area contributed by atoms with Crippen LogP contribution in [0.4, 0.5) is 5.69 Å². The fourth-order valence-corrected chi connectivity index (χ4v) is 3.63. The molecule has 0 bridgehead atoms. The number of sulfonamides is 1. The van der Waals surface area contributed by atoms with E-state index in [9.17, 15) is 13.2 Å². The number of nitrogens with one attached hydrogen (secondary N) is 1. The first kappa shape index (κ1) is 20.7. The van der Waals surface area contributed by atoms with Crippen molar-refractivity contribution in [2.24, 2.45) is 0 Å². The predicted octanol–water partition coefficient (Wildman–Crippen LogP) is 2.58. The number of hydrogen-bond donors (Lipinski definition) is 1. The molecule has 146 valence electrons. The third kappa shape index (κ3) is 4.99. The van der Waals surface area contributed by atoms with Gasteiger partial charge in [0.1, 0.15) is 11.5 Å². The van der Waals surface area contributed by atoms with Crippen LogP contribution in [0.5, 0.6) is 11.5 Å². The highest BCUT2D eigenvalue weighted by molar-refractivity contribution is 7.89. The third-order valence-electron chi connectivity index (χ3n) is 4.19. The van der Waals surface area contributed by atoms with Crippen LogP contribution in [0.2, 0.25) is 0 Å². The van der Waals surface area contributed by atoms with E-state index in [0.717, 1.165) is 15.4 Å². The number of anilines is 1. The molecular weight excluding hydrogens is 368 g/mol. The Balaban J connectivity index is 2.14. The van der Waals surface area contributed by atoms with Crippen LogP contribution in [0.1, 0.15) is 11.1 Å². The molecule has 2 rings (SSSR count). The van der Waals surface area contributed by atoms with Gasteiger partial charge in [-0.25, -0.2) is 8.42 Å². The number of amides is 1. The molecule has 2 aromatic rings. The standard InChI is InChI=1S/C19H24N2O5S/c1-13-6-7-18(8-14(13)2)27(23,24)21(3)12-19(22)20-15-9-16(25-4)11-17(10-15)26-5/h6-11H,12H2,1-5H3,(H,20,22). The monoisotopic (exact) mass is 392 g/mol. The zero-order valence-electron chi connectivity index (χ0n) is 16.1. The quantitative estimate of drug-likeness (QED) is 0.783. The summed E-state index contributed by atoms with van der Waals surface area (Å²) in [4.78, 5) is 12.5. The molecule has 0 unspecified atom stereocenters. The summed E-state index contributed by atoms with van der Waals surface area (Å²) in [5.41, 5.74) is 2.33. The number of carbonyl (C=O) groups excluding carboxylic acids is 1. The van der Waals surface area contributed by atoms with Crippen molar-refractivity contribution in [2.45, 2.75) is 18.7 Å². The number of ether oxygens (including phenoxy) is 2. The second kappa shape index (κ2) is 8.41. The Morgan fingerprint density at radius 2 is 1.59 bits per heavy atom. The molecule has 0 fully saturated rings. The molecule has 0 saturated heterocycles. The van der Waals surface area contributed by atoms with E-state index >= 15 is 0 Å². The molecule has 7 nitrogen and oxygen atoms in total. The van der Waals surface area contributed by atoms with Crippen molar-refractivity contribution in [1.29, 1.82) is 0 Å². The molecule has 1 N–H and O–H groups in total. The minimum atomic E-state index is -3.77. The van der Waals surface area contributed by atoms with E-state index in [1.165, 1.54) is 21.3 Å². The Hall–Kier alpha value is -2.58. The van der Waals surface area contributed by atoms with Gasteiger partial charge in [-0.2, -0.15) is 4.31 Å². The number of likely N-dealkylation sites (N-methyl/N-ethyl adjacent to an activating group) is 1. The van der Waals surface area contributed by atoms with Gasteiger partial charge in [-0.3, -0.25) is 4.79 Å². The van der Waals surface area contributed by atoms with E-state index in [1.807, 2.05) is 13.8 Å². The van der Waals surface area contributed by atoms with Crippen LogP contribution in [-0.4, -0.2) is 46.4 Å². The van der Waals surface area contributed by atoms with E-state index in [0.29, 0.717) is 17.2 Å². The van der Waals surface area contributed by atoms with E-state index < -0.39 is 15.9 Å². The highest BCUT2D eigenvalue weighted by atomic mass is 32.2. The van der Waals surface area contributed by atoms with Crippen molar-refractivity contribution in [2.75, 3.05) is 33.1 Å². The lowest BCUT2D eigenvalue weighted by Crippen LogP contribution is -2.35. The maximum absolute atomic E-state index is 12.7. The Morgan fingerprint density at radius 3 is 2.11 bits per heavy atom. The molecule has 0 aliphatic carbocycles. The van der Waals surface area contributed by atoms with E-state index in [1.54, 1.807) is 36.4 Å². The lowest BCUT2D eigenvalue weighted by Gasteiger charge is -2.18. The van der Waals surface area contributed by atoms with Crippen molar-refractivity contribution in [1.82, 2.24) is 4.31 Å². The summed E-state index contributed by atoms with van der Waals surface area (Å²) in [6.45, 7) is 3.43. The molecular formula is C19H24N2O5S. The Bertz CT molecular complexity index is 919. The predicted molar refractivity (Wildman–Crippen MR) is 104 cm³/mol. The minimum absolute atomic E-state index is 0.156. The van der Waals surface area contributed by atoms with Crippen LogP contribution in [0.15, 0.2) is 41.3 Å². The van der Waals surface area contributed by atoms with Crippen molar-refractivity contribution in [3.63, 3.8) is 0 Å². The van der Waals surface area contributed by atoms with Crippen LogP contribution in [0.3, 0.4) is 0 Å². The molecule has 0 heterocycles. The lowest BCUT2D eigenvalue weighted by molar-refractivity contribution is -0.116.